The first-order valence-electron chi connectivity index (χ1n) is 10.5. The molecule has 0 unspecified atom stereocenters. The van der Waals surface area contributed by atoms with Crippen molar-refractivity contribution < 1.29 is 24.2 Å². The molecular weight excluding hydrogens is 382 g/mol. The standard InChI is InChI=1S/C24H31NO5/c1-3-30-24(29)17(2)15-21(25-22(26)13-14-23(27)28)16-18-9-11-20(12-10-18)19-7-5-4-6-8-19/h4-5,7,9-12,17,21H,3,6,8,13-16H2,1-2H3,(H,25,26)(H,27,28)/t17-,21+/m1/s1. The van der Waals surface area contributed by atoms with E-state index in [-0.39, 0.29) is 36.7 Å². The molecule has 0 radical (unpaired) electrons. The number of nitrogens with one attached hydrogen (secondary N) is 1. The summed E-state index contributed by atoms with van der Waals surface area (Å²) in [5, 5.41) is 11.7. The number of esters is 1. The second kappa shape index (κ2) is 12.0. The number of hydrogen-bond acceptors (Lipinski definition) is 4. The molecule has 1 aromatic rings. The predicted molar refractivity (Wildman–Crippen MR) is 116 cm³/mol. The highest BCUT2D eigenvalue weighted by atomic mass is 16.5. The number of allylic oxidation sites excluding steroid dienone is 4. The smallest absolute Gasteiger partial charge is 0.308 e. The molecule has 1 amide bonds. The van der Waals surface area contributed by atoms with Gasteiger partial charge in [-0.3, -0.25) is 14.4 Å². The van der Waals surface area contributed by atoms with Gasteiger partial charge in [-0.05, 0) is 49.3 Å². The average molecular weight is 414 g/mol. The van der Waals surface area contributed by atoms with Crippen LogP contribution in [0.15, 0.2) is 42.5 Å². The van der Waals surface area contributed by atoms with Gasteiger partial charge in [0.2, 0.25) is 5.91 Å². The number of carboxylic acids is 1. The van der Waals surface area contributed by atoms with E-state index in [0.29, 0.717) is 19.4 Å². The molecule has 0 saturated carbocycles. The summed E-state index contributed by atoms with van der Waals surface area (Å²) < 4.78 is 5.08. The van der Waals surface area contributed by atoms with Gasteiger partial charge in [-0.15, -0.1) is 0 Å². The number of carboxylic acid groups (broad SMARTS) is 1. The van der Waals surface area contributed by atoms with Gasteiger partial charge in [0.1, 0.15) is 0 Å². The predicted octanol–water partition coefficient (Wildman–Crippen LogP) is 3.90. The molecule has 1 aliphatic carbocycles. The molecule has 0 bridgehead atoms. The molecule has 6 heteroatoms. The minimum atomic E-state index is -1.01. The van der Waals surface area contributed by atoms with Gasteiger partial charge < -0.3 is 15.2 Å². The summed E-state index contributed by atoms with van der Waals surface area (Å²) in [5.41, 5.74) is 3.54. The Labute approximate surface area is 178 Å². The maximum atomic E-state index is 12.2. The summed E-state index contributed by atoms with van der Waals surface area (Å²) in [6, 6.07) is 7.96. The van der Waals surface area contributed by atoms with Gasteiger partial charge in [-0.1, -0.05) is 49.4 Å². The van der Waals surface area contributed by atoms with Crippen molar-refractivity contribution in [3.63, 3.8) is 0 Å². The fourth-order valence-electron chi connectivity index (χ4n) is 3.50. The van der Waals surface area contributed by atoms with Crippen molar-refractivity contribution in [1.82, 2.24) is 5.32 Å². The monoisotopic (exact) mass is 413 g/mol. The molecule has 0 aliphatic heterocycles. The summed E-state index contributed by atoms with van der Waals surface area (Å²) in [6.07, 6.45) is 9.11. The van der Waals surface area contributed by atoms with Crippen LogP contribution in [-0.2, 0) is 25.5 Å². The molecule has 1 aliphatic rings. The van der Waals surface area contributed by atoms with Gasteiger partial charge >= 0.3 is 11.9 Å². The average Bonchev–Trinajstić information content (AvgIpc) is 2.73. The molecule has 2 rings (SSSR count). The first kappa shape index (κ1) is 23.4. The van der Waals surface area contributed by atoms with Crippen molar-refractivity contribution in [2.45, 2.75) is 58.4 Å². The van der Waals surface area contributed by atoms with Crippen LogP contribution < -0.4 is 5.32 Å². The van der Waals surface area contributed by atoms with Crippen molar-refractivity contribution in [2.24, 2.45) is 5.92 Å². The number of rotatable bonds is 11. The number of aliphatic carboxylic acids is 1. The minimum Gasteiger partial charge on any atom is -0.481 e. The molecule has 1 aromatic carbocycles. The maximum Gasteiger partial charge on any atom is 0.308 e. The van der Waals surface area contributed by atoms with E-state index < -0.39 is 5.97 Å². The molecule has 162 valence electrons. The number of ether oxygens (including phenoxy) is 1. The molecular formula is C24H31NO5. The zero-order valence-electron chi connectivity index (χ0n) is 17.7. The highest BCUT2D eigenvalue weighted by molar-refractivity contribution is 5.81. The molecule has 2 N–H and O–H groups in total. The molecule has 0 heterocycles. The van der Waals surface area contributed by atoms with Gasteiger partial charge in [-0.2, -0.15) is 0 Å². The second-order valence-corrected chi connectivity index (χ2v) is 7.61. The molecule has 0 fully saturated rings. The molecule has 2 atom stereocenters. The fourth-order valence-corrected chi connectivity index (χ4v) is 3.50. The fraction of sp³-hybridized carbons (Fsp3) is 0.458. The zero-order valence-corrected chi connectivity index (χ0v) is 17.7. The van der Waals surface area contributed by atoms with E-state index in [9.17, 15) is 14.4 Å². The van der Waals surface area contributed by atoms with Crippen LogP contribution in [0.4, 0.5) is 0 Å². The number of carbonyl (C=O) groups excluding carboxylic acids is 2. The lowest BCUT2D eigenvalue weighted by Gasteiger charge is -2.22. The van der Waals surface area contributed by atoms with Gasteiger partial charge in [0.05, 0.1) is 18.9 Å². The maximum absolute atomic E-state index is 12.2. The molecule has 0 spiro atoms. The van der Waals surface area contributed by atoms with E-state index in [1.165, 1.54) is 11.1 Å². The molecule has 6 nitrogen and oxygen atoms in total. The Balaban J connectivity index is 2.05. The summed E-state index contributed by atoms with van der Waals surface area (Å²) in [4.78, 5) is 34.9. The van der Waals surface area contributed by atoms with Crippen LogP contribution in [0.25, 0.3) is 5.57 Å². The van der Waals surface area contributed by atoms with Crippen molar-refractivity contribution in [3.05, 3.63) is 53.6 Å². The quantitative estimate of drug-likeness (QED) is 0.537. The SMILES string of the molecule is CCOC(=O)[C@H](C)C[C@@H](Cc1ccc(C2=CC=CCC2)cc1)NC(=O)CCC(=O)O. The normalized spacial score (nSPS) is 15.1. The van der Waals surface area contributed by atoms with Gasteiger partial charge in [0.15, 0.2) is 0 Å². The topological polar surface area (TPSA) is 92.7 Å². The summed E-state index contributed by atoms with van der Waals surface area (Å²) in [5.74, 6) is -2.00. The lowest BCUT2D eigenvalue weighted by Crippen LogP contribution is -2.39. The third-order valence-electron chi connectivity index (χ3n) is 5.08. The molecule has 30 heavy (non-hydrogen) atoms. The van der Waals surface area contributed by atoms with E-state index in [1.807, 2.05) is 12.1 Å². The van der Waals surface area contributed by atoms with Crippen LogP contribution in [-0.4, -0.2) is 35.6 Å². The summed E-state index contributed by atoms with van der Waals surface area (Å²) in [7, 11) is 0. The number of amides is 1. The summed E-state index contributed by atoms with van der Waals surface area (Å²) >= 11 is 0. The first-order valence-corrected chi connectivity index (χ1v) is 10.5. The number of carbonyl (C=O) groups is 3. The van der Waals surface area contributed by atoms with Crippen molar-refractivity contribution in [3.8, 4) is 0 Å². The van der Waals surface area contributed by atoms with Gasteiger partial charge in [0, 0.05) is 12.5 Å². The highest BCUT2D eigenvalue weighted by Gasteiger charge is 2.22. The van der Waals surface area contributed by atoms with Crippen LogP contribution in [0.1, 0.15) is 57.1 Å². The van der Waals surface area contributed by atoms with Crippen molar-refractivity contribution in [2.75, 3.05) is 6.61 Å². The molecule has 0 saturated heterocycles. The van der Waals surface area contributed by atoms with Gasteiger partial charge in [0.25, 0.3) is 0 Å². The summed E-state index contributed by atoms with van der Waals surface area (Å²) in [6.45, 7) is 3.85. The Morgan fingerprint density at radius 2 is 1.90 bits per heavy atom. The Bertz CT molecular complexity index is 794. The zero-order chi connectivity index (χ0) is 21.9. The highest BCUT2D eigenvalue weighted by Crippen LogP contribution is 2.24. The third-order valence-corrected chi connectivity index (χ3v) is 5.08. The van der Waals surface area contributed by atoms with E-state index in [1.54, 1.807) is 13.8 Å². The molecule has 0 aromatic heterocycles. The van der Waals surface area contributed by atoms with Crippen LogP contribution >= 0.6 is 0 Å². The van der Waals surface area contributed by atoms with Crippen LogP contribution in [0.2, 0.25) is 0 Å². The van der Waals surface area contributed by atoms with E-state index in [4.69, 9.17) is 9.84 Å². The lowest BCUT2D eigenvalue weighted by molar-refractivity contribution is -0.148. The Morgan fingerprint density at radius 1 is 1.17 bits per heavy atom. The third kappa shape index (κ3) is 7.85. The number of hydrogen-bond donors (Lipinski definition) is 2. The second-order valence-electron chi connectivity index (χ2n) is 7.61. The first-order chi connectivity index (χ1) is 14.4. The number of benzene rings is 1. The van der Waals surface area contributed by atoms with E-state index >= 15 is 0 Å². The Morgan fingerprint density at radius 3 is 2.50 bits per heavy atom. The van der Waals surface area contributed by atoms with Gasteiger partial charge in [-0.25, -0.2) is 0 Å². The van der Waals surface area contributed by atoms with Crippen molar-refractivity contribution >= 4 is 23.4 Å². The van der Waals surface area contributed by atoms with Crippen LogP contribution in [0, 0.1) is 5.92 Å². The minimum absolute atomic E-state index is 0.0831. The largest absolute Gasteiger partial charge is 0.481 e. The van der Waals surface area contributed by atoms with Crippen molar-refractivity contribution in [1.29, 1.82) is 0 Å². The Hall–Kier alpha value is -2.89. The van der Waals surface area contributed by atoms with E-state index in [2.05, 4.69) is 35.7 Å². The van der Waals surface area contributed by atoms with Crippen LogP contribution in [0.5, 0.6) is 0 Å². The Kier molecular flexibility index (Phi) is 9.32. The van der Waals surface area contributed by atoms with Crippen LogP contribution in [0.3, 0.4) is 0 Å². The lowest BCUT2D eigenvalue weighted by atomic mass is 9.93. The van der Waals surface area contributed by atoms with E-state index in [0.717, 1.165) is 18.4 Å².